The molecule has 0 aliphatic rings. The van der Waals surface area contributed by atoms with Crippen LogP contribution in [0, 0.1) is 11.8 Å². The zero-order valence-electron chi connectivity index (χ0n) is 10.7. The maximum Gasteiger partial charge on any atom is 0.216 e. The van der Waals surface area contributed by atoms with Crippen LogP contribution in [-0.2, 0) is 4.79 Å². The van der Waals surface area contributed by atoms with Crippen molar-refractivity contribution in [1.29, 1.82) is 0 Å². The van der Waals surface area contributed by atoms with Gasteiger partial charge in [0.1, 0.15) is 5.75 Å². The molecule has 2 rings (SSSR count). The van der Waals surface area contributed by atoms with Gasteiger partial charge >= 0.3 is 0 Å². The maximum absolute atomic E-state index is 10.7. The summed E-state index contributed by atoms with van der Waals surface area (Å²) in [7, 11) is 0. The summed E-state index contributed by atoms with van der Waals surface area (Å²) in [6.07, 6.45) is 0.561. The molecule has 0 aliphatic heterocycles. The van der Waals surface area contributed by atoms with Crippen LogP contribution >= 0.6 is 0 Å². The van der Waals surface area contributed by atoms with Gasteiger partial charge in [-0.15, -0.1) is 0 Å². The smallest absolute Gasteiger partial charge is 0.216 e. The molecular weight excluding hydrogens is 238 g/mol. The number of hydrogen-bond donors (Lipinski definition) is 2. The number of carbonyl (C=O) groups excluding carboxylic acids is 1. The van der Waals surface area contributed by atoms with E-state index in [1.54, 1.807) is 0 Å². The fraction of sp³-hybridized carbons (Fsp3) is 0.188. The Morgan fingerprint density at radius 1 is 1.26 bits per heavy atom. The Kier molecular flexibility index (Phi) is 4.04. The van der Waals surface area contributed by atoms with Gasteiger partial charge in [-0.2, -0.15) is 0 Å². The summed E-state index contributed by atoms with van der Waals surface area (Å²) in [5, 5.41) is 14.6. The van der Waals surface area contributed by atoms with Crippen molar-refractivity contribution in [2.24, 2.45) is 0 Å². The zero-order chi connectivity index (χ0) is 13.7. The van der Waals surface area contributed by atoms with E-state index in [1.165, 1.54) is 6.92 Å². The topological polar surface area (TPSA) is 49.3 Å². The molecule has 0 spiro atoms. The lowest BCUT2D eigenvalue weighted by Crippen LogP contribution is -2.20. The number of rotatable bonds is 2. The number of phenolic OH excluding ortho intramolecular Hbond substituents is 1. The second-order valence-corrected chi connectivity index (χ2v) is 4.22. The van der Waals surface area contributed by atoms with Crippen LogP contribution in [0.2, 0.25) is 0 Å². The summed E-state index contributed by atoms with van der Waals surface area (Å²) >= 11 is 0. The molecule has 0 heterocycles. The van der Waals surface area contributed by atoms with Crippen molar-refractivity contribution in [3.05, 3.63) is 42.0 Å². The number of nitrogens with one attached hydrogen (secondary N) is 1. The van der Waals surface area contributed by atoms with Crippen LogP contribution in [0.25, 0.3) is 10.8 Å². The van der Waals surface area contributed by atoms with E-state index in [4.69, 9.17) is 0 Å². The van der Waals surface area contributed by atoms with Crippen LogP contribution in [0.15, 0.2) is 36.4 Å². The number of aromatic hydroxyl groups is 1. The minimum atomic E-state index is -0.0599. The molecule has 0 aliphatic carbocycles. The summed E-state index contributed by atoms with van der Waals surface area (Å²) in [5.74, 6) is 6.02. The number of phenols is 1. The van der Waals surface area contributed by atoms with E-state index >= 15 is 0 Å². The van der Waals surface area contributed by atoms with Gasteiger partial charge < -0.3 is 10.4 Å². The van der Waals surface area contributed by atoms with E-state index in [-0.39, 0.29) is 11.7 Å². The number of fused-ring (bicyclic) bond motifs is 1. The predicted molar refractivity (Wildman–Crippen MR) is 75.8 cm³/mol. The standard InChI is InChI=1S/C16H15NO2/c1-12(18)17-11-5-4-7-14-10-9-13-6-2-3-8-15(13)16(14)19/h2-3,6,8-10,19H,5,11H2,1H3,(H,17,18). The van der Waals surface area contributed by atoms with Gasteiger partial charge in [0.15, 0.2) is 0 Å². The Hall–Kier alpha value is -2.47. The van der Waals surface area contributed by atoms with Gasteiger partial charge in [0.2, 0.25) is 5.91 Å². The summed E-state index contributed by atoms with van der Waals surface area (Å²) < 4.78 is 0. The van der Waals surface area contributed by atoms with Crippen LogP contribution in [0.1, 0.15) is 18.9 Å². The second-order valence-electron chi connectivity index (χ2n) is 4.22. The predicted octanol–water partition coefficient (Wildman–Crippen LogP) is 2.42. The van der Waals surface area contributed by atoms with Gasteiger partial charge in [0, 0.05) is 25.3 Å². The van der Waals surface area contributed by atoms with E-state index in [9.17, 15) is 9.90 Å². The third kappa shape index (κ3) is 3.26. The van der Waals surface area contributed by atoms with Crippen LogP contribution in [-0.4, -0.2) is 17.6 Å². The molecule has 3 nitrogen and oxygen atoms in total. The first-order valence-corrected chi connectivity index (χ1v) is 6.12. The first-order valence-electron chi connectivity index (χ1n) is 6.12. The molecule has 3 heteroatoms. The van der Waals surface area contributed by atoms with E-state index in [2.05, 4.69) is 17.2 Å². The monoisotopic (exact) mass is 253 g/mol. The SMILES string of the molecule is CC(=O)NCCC#Cc1ccc2ccccc2c1O. The van der Waals surface area contributed by atoms with Crippen molar-refractivity contribution in [1.82, 2.24) is 5.32 Å². The first-order chi connectivity index (χ1) is 9.18. The first kappa shape index (κ1) is 13.0. The van der Waals surface area contributed by atoms with E-state index < -0.39 is 0 Å². The normalized spacial score (nSPS) is 9.74. The lowest BCUT2D eigenvalue weighted by atomic mass is 10.1. The Morgan fingerprint density at radius 3 is 2.84 bits per heavy atom. The van der Waals surface area contributed by atoms with Crippen LogP contribution in [0.3, 0.4) is 0 Å². The summed E-state index contributed by atoms with van der Waals surface area (Å²) in [6, 6.07) is 11.4. The van der Waals surface area contributed by atoms with E-state index in [0.29, 0.717) is 18.5 Å². The van der Waals surface area contributed by atoms with E-state index in [1.807, 2.05) is 36.4 Å². The van der Waals surface area contributed by atoms with Gasteiger partial charge in [-0.1, -0.05) is 42.2 Å². The van der Waals surface area contributed by atoms with Gasteiger partial charge in [0.05, 0.1) is 5.56 Å². The molecule has 0 unspecified atom stereocenters. The molecule has 0 radical (unpaired) electrons. The largest absolute Gasteiger partial charge is 0.506 e. The highest BCUT2D eigenvalue weighted by Gasteiger charge is 2.02. The third-order valence-electron chi connectivity index (χ3n) is 2.75. The van der Waals surface area contributed by atoms with Gasteiger partial charge in [-0.3, -0.25) is 4.79 Å². The average Bonchev–Trinajstić information content (AvgIpc) is 2.41. The van der Waals surface area contributed by atoms with Gasteiger partial charge in [-0.05, 0) is 11.5 Å². The number of amides is 1. The highest BCUT2D eigenvalue weighted by Crippen LogP contribution is 2.27. The molecule has 0 fully saturated rings. The lowest BCUT2D eigenvalue weighted by molar-refractivity contribution is -0.118. The molecule has 0 atom stereocenters. The molecule has 0 saturated carbocycles. The third-order valence-corrected chi connectivity index (χ3v) is 2.75. The fourth-order valence-electron chi connectivity index (χ4n) is 1.81. The van der Waals surface area contributed by atoms with Gasteiger partial charge in [0.25, 0.3) is 0 Å². The van der Waals surface area contributed by atoms with Crippen molar-refractivity contribution in [2.75, 3.05) is 6.54 Å². The quantitative estimate of drug-likeness (QED) is 0.638. The fourth-order valence-corrected chi connectivity index (χ4v) is 1.81. The van der Waals surface area contributed by atoms with Gasteiger partial charge in [-0.25, -0.2) is 0 Å². The van der Waals surface area contributed by atoms with Crippen molar-refractivity contribution in [2.45, 2.75) is 13.3 Å². The molecule has 2 N–H and O–H groups in total. The van der Waals surface area contributed by atoms with Crippen LogP contribution < -0.4 is 5.32 Å². The highest BCUT2D eigenvalue weighted by atomic mass is 16.3. The molecule has 0 saturated heterocycles. The molecular formula is C16H15NO2. The summed E-state index contributed by atoms with van der Waals surface area (Å²) in [5.41, 5.74) is 0.613. The summed E-state index contributed by atoms with van der Waals surface area (Å²) in [4.78, 5) is 10.7. The maximum atomic E-state index is 10.7. The van der Waals surface area contributed by atoms with E-state index in [0.717, 1.165) is 10.8 Å². The van der Waals surface area contributed by atoms with Crippen molar-refractivity contribution >= 4 is 16.7 Å². The molecule has 2 aromatic carbocycles. The minimum Gasteiger partial charge on any atom is -0.506 e. The minimum absolute atomic E-state index is 0.0599. The highest BCUT2D eigenvalue weighted by molar-refractivity contribution is 5.90. The number of hydrogen-bond acceptors (Lipinski definition) is 2. The number of carbonyl (C=O) groups is 1. The van der Waals surface area contributed by atoms with Crippen LogP contribution in [0.5, 0.6) is 5.75 Å². The Morgan fingerprint density at radius 2 is 2.05 bits per heavy atom. The number of benzene rings is 2. The molecule has 19 heavy (non-hydrogen) atoms. The molecule has 96 valence electrons. The second kappa shape index (κ2) is 5.92. The lowest BCUT2D eigenvalue weighted by Gasteiger charge is -2.02. The van der Waals surface area contributed by atoms with Crippen LogP contribution in [0.4, 0.5) is 0 Å². The molecule has 0 bridgehead atoms. The Labute approximate surface area is 112 Å². The van der Waals surface area contributed by atoms with Crippen molar-refractivity contribution in [3.8, 4) is 17.6 Å². The molecule has 0 aromatic heterocycles. The van der Waals surface area contributed by atoms with Crippen molar-refractivity contribution < 1.29 is 9.90 Å². The Balaban J connectivity index is 2.15. The summed E-state index contributed by atoms with van der Waals surface area (Å²) in [6.45, 7) is 2.00. The zero-order valence-corrected chi connectivity index (χ0v) is 10.7. The Bertz CT molecular complexity index is 665. The van der Waals surface area contributed by atoms with Crippen molar-refractivity contribution in [3.63, 3.8) is 0 Å². The average molecular weight is 253 g/mol. The molecule has 1 amide bonds. The molecule has 2 aromatic rings.